The van der Waals surface area contributed by atoms with Crippen LogP contribution in [-0.4, -0.2) is 50.2 Å². The Hall–Kier alpha value is -3.00. The average molecular weight is 380 g/mol. The molecule has 0 unspecified atom stereocenters. The number of nitrogens with zero attached hydrogens (tertiary/aromatic N) is 5. The number of carbonyl (C=O) groups is 1. The predicted octanol–water partition coefficient (Wildman–Crippen LogP) is 1.61. The highest BCUT2D eigenvalue weighted by Crippen LogP contribution is 2.12. The molecule has 1 aliphatic heterocycles. The van der Waals surface area contributed by atoms with Crippen molar-refractivity contribution in [3.8, 4) is 0 Å². The van der Waals surface area contributed by atoms with Crippen LogP contribution >= 0.6 is 0 Å². The third-order valence-corrected chi connectivity index (χ3v) is 4.91. The summed E-state index contributed by atoms with van der Waals surface area (Å²) in [5.74, 6) is 2.02. The van der Waals surface area contributed by atoms with Crippen molar-refractivity contribution in [2.45, 2.75) is 32.9 Å². The molecule has 1 amide bonds. The normalized spacial score (nSPS) is 14.5. The number of aromatic nitrogens is 4. The van der Waals surface area contributed by atoms with E-state index in [0.29, 0.717) is 18.7 Å². The van der Waals surface area contributed by atoms with Crippen LogP contribution in [0.25, 0.3) is 0 Å². The molecule has 3 aromatic heterocycles. The Bertz CT molecular complexity index is 934. The molecule has 8 heteroatoms. The Morgan fingerprint density at radius 2 is 2.11 bits per heavy atom. The van der Waals surface area contributed by atoms with E-state index < -0.39 is 0 Å². The number of hydrogen-bond donors (Lipinski definition) is 1. The van der Waals surface area contributed by atoms with Crippen LogP contribution in [0.3, 0.4) is 0 Å². The van der Waals surface area contributed by atoms with Crippen LogP contribution in [0.5, 0.6) is 0 Å². The quantitative estimate of drug-likeness (QED) is 0.699. The zero-order chi connectivity index (χ0) is 19.3. The molecule has 0 fully saturated rings. The van der Waals surface area contributed by atoms with Gasteiger partial charge >= 0.3 is 0 Å². The first-order chi connectivity index (χ1) is 13.7. The summed E-state index contributed by atoms with van der Waals surface area (Å²) >= 11 is 0. The van der Waals surface area contributed by atoms with Gasteiger partial charge in [-0.05, 0) is 31.2 Å². The van der Waals surface area contributed by atoms with Crippen molar-refractivity contribution in [3.63, 3.8) is 0 Å². The van der Waals surface area contributed by atoms with E-state index in [-0.39, 0.29) is 5.91 Å². The summed E-state index contributed by atoms with van der Waals surface area (Å²) < 4.78 is 7.29. The zero-order valence-electron chi connectivity index (χ0n) is 16.0. The lowest BCUT2D eigenvalue weighted by atomic mass is 10.3. The zero-order valence-corrected chi connectivity index (χ0v) is 16.0. The monoisotopic (exact) mass is 380 g/mol. The Labute approximate surface area is 163 Å². The fourth-order valence-corrected chi connectivity index (χ4v) is 3.47. The highest BCUT2D eigenvalue weighted by Gasteiger charge is 2.19. The van der Waals surface area contributed by atoms with Gasteiger partial charge in [0.1, 0.15) is 11.6 Å². The maximum atomic E-state index is 12.0. The maximum absolute atomic E-state index is 12.0. The van der Waals surface area contributed by atoms with Crippen LogP contribution in [0.1, 0.15) is 33.6 Å². The second-order valence-corrected chi connectivity index (χ2v) is 6.96. The van der Waals surface area contributed by atoms with Gasteiger partial charge in [-0.15, -0.1) is 10.2 Å². The van der Waals surface area contributed by atoms with Gasteiger partial charge in [0.25, 0.3) is 5.91 Å². The highest BCUT2D eigenvalue weighted by molar-refractivity contribution is 5.91. The molecule has 1 N–H and O–H groups in total. The lowest BCUT2D eigenvalue weighted by Gasteiger charge is -2.19. The molecule has 0 radical (unpaired) electrons. The van der Waals surface area contributed by atoms with Gasteiger partial charge in [-0.3, -0.25) is 14.7 Å². The fourth-order valence-electron chi connectivity index (χ4n) is 3.47. The van der Waals surface area contributed by atoms with E-state index in [2.05, 4.69) is 42.1 Å². The molecule has 28 heavy (non-hydrogen) atoms. The van der Waals surface area contributed by atoms with Crippen LogP contribution in [0.2, 0.25) is 0 Å². The Balaban J connectivity index is 1.32. The topological polar surface area (TPSA) is 89.1 Å². The molecule has 146 valence electrons. The number of amides is 1. The molecule has 0 spiro atoms. The molecule has 4 rings (SSSR count). The summed E-state index contributed by atoms with van der Waals surface area (Å²) in [4.78, 5) is 19.0. The molecular weight excluding hydrogens is 356 g/mol. The second-order valence-electron chi connectivity index (χ2n) is 6.96. The van der Waals surface area contributed by atoms with E-state index in [1.807, 2.05) is 13.0 Å². The Morgan fingerprint density at radius 3 is 2.93 bits per heavy atom. The molecule has 0 aromatic carbocycles. The second kappa shape index (κ2) is 8.35. The van der Waals surface area contributed by atoms with Crippen LogP contribution in [0, 0.1) is 6.92 Å². The standard InChI is InChI=1S/C20H24N6O2/c1-15-4-2-5-16(22-15)14-25-10-8-19-24-23-18(26(19)12-11-25)7-9-21-20(27)17-6-3-13-28-17/h2-6,13H,7-12,14H2,1H3,(H,21,27). The largest absolute Gasteiger partial charge is 0.459 e. The van der Waals surface area contributed by atoms with Crippen molar-refractivity contribution < 1.29 is 9.21 Å². The highest BCUT2D eigenvalue weighted by atomic mass is 16.3. The molecule has 4 heterocycles. The van der Waals surface area contributed by atoms with Crippen molar-refractivity contribution in [1.82, 2.24) is 30.0 Å². The van der Waals surface area contributed by atoms with E-state index in [1.54, 1.807) is 12.1 Å². The van der Waals surface area contributed by atoms with Gasteiger partial charge in [0.15, 0.2) is 5.76 Å². The molecular formula is C20H24N6O2. The predicted molar refractivity (Wildman–Crippen MR) is 103 cm³/mol. The van der Waals surface area contributed by atoms with E-state index in [1.165, 1.54) is 6.26 Å². The number of carbonyl (C=O) groups excluding carboxylic acids is 1. The van der Waals surface area contributed by atoms with E-state index in [9.17, 15) is 4.79 Å². The molecule has 0 aliphatic carbocycles. The molecule has 0 bridgehead atoms. The summed E-state index contributed by atoms with van der Waals surface area (Å²) in [5, 5.41) is 11.5. The van der Waals surface area contributed by atoms with E-state index >= 15 is 0 Å². The smallest absolute Gasteiger partial charge is 0.286 e. The van der Waals surface area contributed by atoms with Crippen molar-refractivity contribution in [1.29, 1.82) is 0 Å². The number of hydrogen-bond acceptors (Lipinski definition) is 6. The van der Waals surface area contributed by atoms with Crippen molar-refractivity contribution in [3.05, 3.63) is 65.4 Å². The minimum Gasteiger partial charge on any atom is -0.459 e. The van der Waals surface area contributed by atoms with E-state index in [0.717, 1.165) is 55.6 Å². The van der Waals surface area contributed by atoms with Gasteiger partial charge in [0.2, 0.25) is 0 Å². The third kappa shape index (κ3) is 4.28. The Kier molecular flexibility index (Phi) is 5.48. The number of aryl methyl sites for hydroxylation is 1. The summed E-state index contributed by atoms with van der Waals surface area (Å²) in [5.41, 5.74) is 2.14. The SMILES string of the molecule is Cc1cccc(CN2CCc3nnc(CCNC(=O)c4ccco4)n3CC2)n1. The van der Waals surface area contributed by atoms with Crippen LogP contribution in [0.15, 0.2) is 41.0 Å². The van der Waals surface area contributed by atoms with Gasteiger partial charge in [0.05, 0.1) is 12.0 Å². The average Bonchev–Trinajstić information content (AvgIpc) is 3.30. The molecule has 3 aromatic rings. The minimum absolute atomic E-state index is 0.211. The lowest BCUT2D eigenvalue weighted by Crippen LogP contribution is -2.28. The number of pyridine rings is 1. The fraction of sp³-hybridized carbons (Fsp3) is 0.400. The lowest BCUT2D eigenvalue weighted by molar-refractivity contribution is 0.0926. The molecule has 0 atom stereocenters. The first-order valence-electron chi connectivity index (χ1n) is 9.56. The number of fused-ring (bicyclic) bond motifs is 1. The third-order valence-electron chi connectivity index (χ3n) is 4.91. The molecule has 8 nitrogen and oxygen atoms in total. The molecule has 0 saturated heterocycles. The number of rotatable bonds is 6. The van der Waals surface area contributed by atoms with Gasteiger partial charge in [-0.1, -0.05) is 6.07 Å². The minimum atomic E-state index is -0.211. The van der Waals surface area contributed by atoms with Gasteiger partial charge in [0, 0.05) is 51.3 Å². The number of nitrogens with one attached hydrogen (secondary N) is 1. The van der Waals surface area contributed by atoms with Crippen LogP contribution in [-0.2, 0) is 25.9 Å². The molecule has 0 saturated carbocycles. The van der Waals surface area contributed by atoms with E-state index in [4.69, 9.17) is 4.42 Å². The summed E-state index contributed by atoms with van der Waals surface area (Å²) in [7, 11) is 0. The molecule has 1 aliphatic rings. The first-order valence-corrected chi connectivity index (χ1v) is 9.56. The summed E-state index contributed by atoms with van der Waals surface area (Å²) in [6.45, 7) is 6.05. The van der Waals surface area contributed by atoms with Crippen molar-refractivity contribution in [2.24, 2.45) is 0 Å². The van der Waals surface area contributed by atoms with Crippen LogP contribution in [0.4, 0.5) is 0 Å². The van der Waals surface area contributed by atoms with Crippen LogP contribution < -0.4 is 5.32 Å². The van der Waals surface area contributed by atoms with Gasteiger partial charge < -0.3 is 14.3 Å². The van der Waals surface area contributed by atoms with Gasteiger partial charge in [-0.25, -0.2) is 0 Å². The van der Waals surface area contributed by atoms with Gasteiger partial charge in [-0.2, -0.15) is 0 Å². The number of furan rings is 1. The van der Waals surface area contributed by atoms with Crippen molar-refractivity contribution >= 4 is 5.91 Å². The first kappa shape index (κ1) is 18.4. The Morgan fingerprint density at radius 1 is 1.18 bits per heavy atom. The van der Waals surface area contributed by atoms with Crippen molar-refractivity contribution in [2.75, 3.05) is 19.6 Å². The summed E-state index contributed by atoms with van der Waals surface area (Å²) in [6.07, 6.45) is 2.99. The maximum Gasteiger partial charge on any atom is 0.286 e. The summed E-state index contributed by atoms with van der Waals surface area (Å²) in [6, 6.07) is 9.50.